The Morgan fingerprint density at radius 2 is 0.710 bits per heavy atom. The van der Waals surface area contributed by atoms with Gasteiger partial charge in [0.15, 0.2) is 12.1 Å². The van der Waals surface area contributed by atoms with E-state index in [-0.39, 0.29) is 60.7 Å². The Hall–Kier alpha value is -12.3. The Labute approximate surface area is 751 Å². The van der Waals surface area contributed by atoms with Crippen LogP contribution in [0.15, 0.2) is 255 Å². The SMILES string of the molecule is C.CCCCOC(=O)C(Br)Cc1ccccc1.CCCCOC(=O)C(Cc1ccccc1)NC(=O)Oc1ccccc1.CCOC(=O)C(Cc1ccc(O)cc1)NC.CCOC(=O)C(c1ccc(O)cc1)N(C)C(=O)Cl.CCOC(=O)C(c1ccc(O)cc1)N(C)C(=O)Oc1ccccc1.NC(=O)Oc1ccccc1.O=C(Cl)Cl.O=C(Cl)Oc1ccccc1. The molecule has 9 aromatic rings. The molecule has 28 nitrogen and oxygen atoms in total. The molecule has 0 spiro atoms. The number of carbonyl (C=O) groups excluding carboxylic acids is 11. The van der Waals surface area contributed by atoms with Gasteiger partial charge in [-0.2, -0.15) is 0 Å². The van der Waals surface area contributed by atoms with Gasteiger partial charge in [0.25, 0.3) is 0 Å². The van der Waals surface area contributed by atoms with Crippen molar-refractivity contribution < 1.29 is 111 Å². The van der Waals surface area contributed by atoms with Gasteiger partial charge < -0.3 is 79.2 Å². The number of rotatable bonds is 30. The minimum absolute atomic E-state index is 0. The fraction of sp³-hybridized carbons (Fsp3) is 0.286. The first kappa shape index (κ1) is 110. The van der Waals surface area contributed by atoms with Gasteiger partial charge >= 0.3 is 63.6 Å². The summed E-state index contributed by atoms with van der Waals surface area (Å²) in [6.07, 6.45) is 3.10. The summed E-state index contributed by atoms with van der Waals surface area (Å²) in [5.41, 5.74) is 8.02. The van der Waals surface area contributed by atoms with Gasteiger partial charge in [0, 0.05) is 32.1 Å². The molecular formula is C91H106BrCl4N5O23. The molecule has 33 heteroatoms. The molecule has 0 aliphatic carbocycles. The maximum Gasteiger partial charge on any atom is 0.415 e. The topological polar surface area (TPSA) is 388 Å². The lowest BCUT2D eigenvalue weighted by Gasteiger charge is -2.26. The summed E-state index contributed by atoms with van der Waals surface area (Å²) in [5.74, 6) is 0.0593. The minimum atomic E-state index is -0.971. The van der Waals surface area contributed by atoms with Crippen LogP contribution in [0.3, 0.4) is 0 Å². The van der Waals surface area contributed by atoms with Gasteiger partial charge in [-0.25, -0.2) is 33.6 Å². The number of hydrogen-bond donors (Lipinski definition) is 6. The zero-order valence-corrected chi connectivity index (χ0v) is 73.6. The summed E-state index contributed by atoms with van der Waals surface area (Å²) < 4.78 is 44.0. The van der Waals surface area contributed by atoms with Crippen LogP contribution >= 0.6 is 62.3 Å². The number of hydrogen-bond acceptors (Lipinski definition) is 24. The number of halogens is 5. The lowest BCUT2D eigenvalue weighted by Crippen LogP contribution is -2.44. The van der Waals surface area contributed by atoms with Crippen LogP contribution in [-0.2, 0) is 66.9 Å². The lowest BCUT2D eigenvalue weighted by atomic mass is 10.1. The number of alkyl halides is 1. The van der Waals surface area contributed by atoms with Gasteiger partial charge in [-0.1, -0.05) is 220 Å². The maximum absolute atomic E-state index is 12.3. The van der Waals surface area contributed by atoms with Crippen LogP contribution in [0.5, 0.6) is 40.2 Å². The van der Waals surface area contributed by atoms with E-state index in [1.54, 1.807) is 167 Å². The monoisotopic (exact) mass is 1860 g/mol. The third kappa shape index (κ3) is 49.0. The van der Waals surface area contributed by atoms with Crippen LogP contribution in [0.25, 0.3) is 0 Å². The molecule has 0 aliphatic rings. The number of amides is 4. The zero-order valence-electron chi connectivity index (χ0n) is 69.0. The molecule has 0 fully saturated rings. The van der Waals surface area contributed by atoms with Gasteiger partial charge in [0.1, 0.15) is 57.2 Å². The highest BCUT2D eigenvalue weighted by atomic mass is 79.9. The second kappa shape index (κ2) is 65.5. The molecule has 5 unspecified atom stereocenters. The van der Waals surface area contributed by atoms with E-state index < -0.39 is 69.8 Å². The molecule has 0 radical (unpaired) electrons. The number of unbranched alkanes of at least 4 members (excludes halogenated alkanes) is 2. The van der Waals surface area contributed by atoms with Crippen molar-refractivity contribution in [2.24, 2.45) is 5.73 Å². The highest BCUT2D eigenvalue weighted by Crippen LogP contribution is 2.27. The number of esters is 5. The normalized spacial score (nSPS) is 11.0. The van der Waals surface area contributed by atoms with E-state index >= 15 is 0 Å². The van der Waals surface area contributed by atoms with Crippen LogP contribution in [0.2, 0.25) is 0 Å². The first-order chi connectivity index (χ1) is 58.9. The minimum Gasteiger partial charge on any atom is -0.508 e. The number of aromatic hydroxyl groups is 3. The smallest absolute Gasteiger partial charge is 0.415 e. The molecule has 0 heterocycles. The number of benzene rings is 9. The van der Waals surface area contributed by atoms with Crippen molar-refractivity contribution in [3.05, 3.63) is 283 Å². The molecule has 0 aromatic heterocycles. The van der Waals surface area contributed by atoms with Crippen LogP contribution in [0, 0.1) is 0 Å². The van der Waals surface area contributed by atoms with Crippen molar-refractivity contribution >= 4 is 126 Å². The van der Waals surface area contributed by atoms with Crippen LogP contribution in [0.4, 0.5) is 28.8 Å². The molecular weight excluding hydrogens is 1750 g/mol. The number of phenols is 3. The molecule has 7 N–H and O–H groups in total. The largest absolute Gasteiger partial charge is 0.508 e. The predicted molar refractivity (Wildman–Crippen MR) is 478 cm³/mol. The molecule has 5 atom stereocenters. The summed E-state index contributed by atoms with van der Waals surface area (Å²) in [6.45, 7) is 10.9. The number of primary amides is 1. The second-order valence-corrected chi connectivity index (χ2v) is 27.6. The number of nitrogens with two attached hydrogens (primary N) is 1. The van der Waals surface area contributed by atoms with E-state index in [4.69, 9.17) is 72.0 Å². The number of carbonyl (C=O) groups is 11. The summed E-state index contributed by atoms with van der Waals surface area (Å²) in [6, 6.07) is 69.7. The fourth-order valence-corrected chi connectivity index (χ4v) is 10.5. The highest BCUT2D eigenvalue weighted by molar-refractivity contribution is 9.10. The molecule has 0 bridgehead atoms. The molecule has 668 valence electrons. The molecule has 9 rings (SSSR count). The van der Waals surface area contributed by atoms with Crippen molar-refractivity contribution in [3.8, 4) is 40.2 Å². The molecule has 0 aliphatic heterocycles. The third-order valence-corrected chi connectivity index (χ3v) is 16.8. The number of ether oxygens (including phenoxy) is 9. The maximum atomic E-state index is 12.3. The Morgan fingerprint density at radius 3 is 1.07 bits per heavy atom. The van der Waals surface area contributed by atoms with Gasteiger partial charge in [-0.05, 0) is 201 Å². The van der Waals surface area contributed by atoms with E-state index in [9.17, 15) is 58.2 Å². The van der Waals surface area contributed by atoms with Crippen molar-refractivity contribution in [2.75, 3.05) is 54.2 Å². The number of para-hydroxylation sites is 4. The number of phenolic OH excluding ortho intramolecular Hbond substituents is 3. The fourth-order valence-electron chi connectivity index (χ4n) is 9.80. The molecule has 9 aromatic carbocycles. The van der Waals surface area contributed by atoms with Crippen LogP contribution in [-0.4, -0.2) is 160 Å². The van der Waals surface area contributed by atoms with Crippen LogP contribution in [0.1, 0.15) is 108 Å². The zero-order chi connectivity index (χ0) is 91.3. The summed E-state index contributed by atoms with van der Waals surface area (Å²) in [7, 11) is 4.59. The molecule has 0 saturated heterocycles. The van der Waals surface area contributed by atoms with E-state index in [0.717, 1.165) is 52.2 Å². The first-order valence-electron chi connectivity index (χ1n) is 38.2. The van der Waals surface area contributed by atoms with E-state index in [1.165, 1.54) is 50.5 Å². The van der Waals surface area contributed by atoms with Crippen molar-refractivity contribution in [3.63, 3.8) is 0 Å². The summed E-state index contributed by atoms with van der Waals surface area (Å²) >= 11 is 22.5. The molecule has 124 heavy (non-hydrogen) atoms. The Bertz CT molecular complexity index is 4480. The van der Waals surface area contributed by atoms with Gasteiger partial charge in [0.2, 0.25) is 0 Å². The summed E-state index contributed by atoms with van der Waals surface area (Å²) in [5, 5.41) is 32.5. The third-order valence-electron chi connectivity index (χ3n) is 15.7. The Morgan fingerprint density at radius 1 is 0.395 bits per heavy atom. The van der Waals surface area contributed by atoms with Gasteiger partial charge in [-0.15, -0.1) is 0 Å². The average molecular weight is 1860 g/mol. The highest BCUT2D eigenvalue weighted by Gasteiger charge is 2.32. The summed E-state index contributed by atoms with van der Waals surface area (Å²) in [4.78, 5) is 126. The van der Waals surface area contributed by atoms with E-state index in [0.29, 0.717) is 73.2 Å². The Kier molecular flexibility index (Phi) is 57.9. The first-order valence-corrected chi connectivity index (χ1v) is 40.7. The number of nitrogens with zero attached hydrogens (tertiary/aromatic N) is 2. The predicted octanol–water partition coefficient (Wildman–Crippen LogP) is 19.4. The second-order valence-electron chi connectivity index (χ2n) is 25.0. The van der Waals surface area contributed by atoms with E-state index in [2.05, 4.69) is 66.2 Å². The average Bonchev–Trinajstić information content (AvgIpc) is 0.844. The molecule has 4 amide bonds. The standard InChI is InChI=1S/C20H23NO4.C18H19NO5.C13H17BrO2.C12H14ClNO4.C12H17NO3.C7H5ClO2.C7H7NO2.CCl2O.CH4/c1-2-3-14-24-19(22)18(15-16-10-6-4-7-11-16)21-20(23)25-17-12-8-5-9-13-17;1-3-23-17(21)16(13-9-11-14(20)12-10-13)19(2)18(22)24-15-7-5-4-6-8-15;1-2-3-9-16-13(15)12(14)10-11-7-5-4-6-8-11;1-3-18-11(16)10(14(2)12(13)17)8-4-6-9(15)7-5-8;1-3-16-12(15)11(13-2)8-9-4-6-10(14)7-5-9;2*8-7(9)10-6-4-2-1-3-5-6;2-1(3)4;/h4-13,18H,2-3,14-15H2,1H3,(H,21,23);4-12,16,20H,3H2,1-2H3;4-8,12H,2-3,9-10H2,1H3;4-7,10,15H,3H2,1-2H3;4-7,11,13-14H,3,8H2,1-2H3;1-5H;1-5H,(H2,8,9);;1H4. The van der Waals surface area contributed by atoms with Gasteiger partial charge in [-0.3, -0.25) is 24.1 Å². The lowest BCUT2D eigenvalue weighted by molar-refractivity contribution is -0.149. The quantitative estimate of drug-likeness (QED) is 0.00608. The number of nitrogens with one attached hydrogen (secondary N) is 2. The van der Waals surface area contributed by atoms with Crippen molar-refractivity contribution in [1.82, 2.24) is 20.4 Å². The number of likely N-dealkylation sites (N-methyl/N-ethyl adjacent to an activating group) is 3. The van der Waals surface area contributed by atoms with Gasteiger partial charge in [0.05, 0.1) is 33.0 Å². The van der Waals surface area contributed by atoms with Crippen molar-refractivity contribution in [1.29, 1.82) is 0 Å². The van der Waals surface area contributed by atoms with Crippen LogP contribution < -0.4 is 35.3 Å². The van der Waals surface area contributed by atoms with E-state index in [1.807, 2.05) is 85.8 Å². The molecule has 0 saturated carbocycles. The van der Waals surface area contributed by atoms with Crippen molar-refractivity contribution in [2.45, 2.75) is 116 Å². The Balaban J connectivity index is 0.000000731.